The number of amides is 1. The molecule has 0 fully saturated rings. The molecule has 0 heterocycles. The van der Waals surface area contributed by atoms with Gasteiger partial charge in [0.25, 0.3) is 0 Å². The van der Waals surface area contributed by atoms with Crippen LogP contribution in [-0.2, 0) is 9.63 Å². The van der Waals surface area contributed by atoms with Gasteiger partial charge in [-0.05, 0) is 30.7 Å². The van der Waals surface area contributed by atoms with Gasteiger partial charge in [0.05, 0.1) is 17.1 Å². The summed E-state index contributed by atoms with van der Waals surface area (Å²) in [6.07, 6.45) is -0.0934. The molecule has 6 nitrogen and oxygen atoms in total. The van der Waals surface area contributed by atoms with E-state index in [0.717, 1.165) is 11.3 Å². The van der Waals surface area contributed by atoms with E-state index in [4.69, 9.17) is 26.9 Å². The number of oxime groups is 1. The first-order valence-corrected chi connectivity index (χ1v) is 8.11. The van der Waals surface area contributed by atoms with E-state index in [9.17, 15) is 4.79 Å². The number of amidine groups is 1. The van der Waals surface area contributed by atoms with E-state index >= 15 is 0 Å². The van der Waals surface area contributed by atoms with Gasteiger partial charge >= 0.3 is 0 Å². The molecule has 0 saturated heterocycles. The van der Waals surface area contributed by atoms with Crippen molar-refractivity contribution < 1.29 is 14.4 Å². The number of ether oxygens (including phenoxy) is 1. The zero-order valence-electron chi connectivity index (χ0n) is 13.9. The van der Waals surface area contributed by atoms with E-state index in [0.29, 0.717) is 17.3 Å². The minimum absolute atomic E-state index is 0.0699. The lowest BCUT2D eigenvalue weighted by molar-refractivity contribution is -0.115. The second-order valence-corrected chi connectivity index (χ2v) is 5.64. The quantitative estimate of drug-likeness (QED) is 0.327. The Labute approximate surface area is 151 Å². The Hall–Kier alpha value is -2.73. The summed E-state index contributed by atoms with van der Waals surface area (Å²) in [5, 5.41) is 6.82. The molecule has 0 radical (unpaired) electrons. The van der Waals surface area contributed by atoms with Crippen molar-refractivity contribution in [2.24, 2.45) is 10.9 Å². The number of rotatable bonds is 8. The SMILES string of the molecule is Cc1ccccc1OCCO/N=C(/N)CC(=O)Nc1ccccc1Cl. The van der Waals surface area contributed by atoms with Crippen molar-refractivity contribution in [1.82, 2.24) is 0 Å². The number of carbonyl (C=O) groups is 1. The first-order chi connectivity index (χ1) is 12.1. The molecule has 0 aliphatic rings. The molecule has 132 valence electrons. The number of carbonyl (C=O) groups excluding carboxylic acids is 1. The van der Waals surface area contributed by atoms with Gasteiger partial charge in [-0.1, -0.05) is 47.1 Å². The molecule has 0 atom stereocenters. The lowest BCUT2D eigenvalue weighted by Crippen LogP contribution is -2.22. The number of nitrogens with two attached hydrogens (primary N) is 1. The molecule has 0 aliphatic carbocycles. The second kappa shape index (κ2) is 9.54. The summed E-state index contributed by atoms with van der Waals surface area (Å²) in [6.45, 7) is 2.51. The number of hydrogen-bond donors (Lipinski definition) is 2. The average molecular weight is 362 g/mol. The van der Waals surface area contributed by atoms with Gasteiger partial charge in [0.2, 0.25) is 5.91 Å². The average Bonchev–Trinajstić information content (AvgIpc) is 2.58. The number of aryl methyl sites for hydroxylation is 1. The Morgan fingerprint density at radius 1 is 1.16 bits per heavy atom. The maximum Gasteiger partial charge on any atom is 0.232 e. The number of benzene rings is 2. The van der Waals surface area contributed by atoms with Crippen molar-refractivity contribution in [2.75, 3.05) is 18.5 Å². The predicted octanol–water partition coefficient (Wildman–Crippen LogP) is 3.34. The molecule has 25 heavy (non-hydrogen) atoms. The Morgan fingerprint density at radius 2 is 1.88 bits per heavy atom. The largest absolute Gasteiger partial charge is 0.490 e. The molecule has 0 saturated carbocycles. The van der Waals surface area contributed by atoms with E-state index in [2.05, 4.69) is 10.5 Å². The minimum atomic E-state index is -0.325. The van der Waals surface area contributed by atoms with Gasteiger partial charge < -0.3 is 20.6 Å². The molecule has 0 spiro atoms. The van der Waals surface area contributed by atoms with Crippen LogP contribution in [0.25, 0.3) is 0 Å². The lowest BCUT2D eigenvalue weighted by atomic mass is 10.2. The highest BCUT2D eigenvalue weighted by molar-refractivity contribution is 6.33. The maximum absolute atomic E-state index is 11.9. The van der Waals surface area contributed by atoms with Crippen molar-refractivity contribution in [1.29, 1.82) is 0 Å². The van der Waals surface area contributed by atoms with E-state index < -0.39 is 0 Å². The molecule has 0 aromatic heterocycles. The van der Waals surface area contributed by atoms with Crippen LogP contribution in [0.3, 0.4) is 0 Å². The first-order valence-electron chi connectivity index (χ1n) is 7.73. The molecule has 2 aromatic rings. The molecule has 0 aliphatic heterocycles. The highest BCUT2D eigenvalue weighted by Gasteiger charge is 2.07. The fourth-order valence-electron chi connectivity index (χ4n) is 1.99. The smallest absolute Gasteiger partial charge is 0.232 e. The number of nitrogens with zero attached hydrogens (tertiary/aromatic N) is 1. The summed E-state index contributed by atoms with van der Waals surface area (Å²) < 4.78 is 5.56. The van der Waals surface area contributed by atoms with Gasteiger partial charge in [0, 0.05) is 0 Å². The molecule has 2 rings (SSSR count). The van der Waals surface area contributed by atoms with Crippen LogP contribution in [-0.4, -0.2) is 25.0 Å². The van der Waals surface area contributed by atoms with Crippen molar-refractivity contribution in [2.45, 2.75) is 13.3 Å². The van der Waals surface area contributed by atoms with Gasteiger partial charge in [0.15, 0.2) is 6.61 Å². The van der Waals surface area contributed by atoms with Crippen molar-refractivity contribution in [3.63, 3.8) is 0 Å². The Morgan fingerprint density at radius 3 is 2.64 bits per heavy atom. The number of halogens is 1. The zero-order valence-corrected chi connectivity index (χ0v) is 14.6. The first kappa shape index (κ1) is 18.6. The highest BCUT2D eigenvalue weighted by atomic mass is 35.5. The summed E-state index contributed by atoms with van der Waals surface area (Å²) >= 11 is 5.97. The molecular formula is C18H20ClN3O3. The topological polar surface area (TPSA) is 85.9 Å². The number of anilines is 1. The van der Waals surface area contributed by atoms with E-state index in [1.54, 1.807) is 24.3 Å². The summed E-state index contributed by atoms with van der Waals surface area (Å²) in [5.74, 6) is 0.539. The molecule has 0 unspecified atom stereocenters. The van der Waals surface area contributed by atoms with Gasteiger partial charge in [-0.15, -0.1) is 0 Å². The van der Waals surface area contributed by atoms with Crippen LogP contribution in [0.1, 0.15) is 12.0 Å². The molecule has 0 bridgehead atoms. The van der Waals surface area contributed by atoms with Crippen LogP contribution < -0.4 is 15.8 Å². The van der Waals surface area contributed by atoms with E-state index in [1.165, 1.54) is 0 Å². The summed E-state index contributed by atoms with van der Waals surface area (Å²) in [7, 11) is 0. The van der Waals surface area contributed by atoms with Crippen LogP contribution in [0.2, 0.25) is 5.02 Å². The number of hydrogen-bond acceptors (Lipinski definition) is 4. The maximum atomic E-state index is 11.9. The zero-order chi connectivity index (χ0) is 18.1. The van der Waals surface area contributed by atoms with Crippen LogP contribution in [0, 0.1) is 6.92 Å². The van der Waals surface area contributed by atoms with Crippen LogP contribution in [0.5, 0.6) is 5.75 Å². The van der Waals surface area contributed by atoms with Crippen LogP contribution >= 0.6 is 11.6 Å². The fourth-order valence-corrected chi connectivity index (χ4v) is 2.17. The van der Waals surface area contributed by atoms with Gasteiger partial charge in [-0.3, -0.25) is 4.79 Å². The minimum Gasteiger partial charge on any atom is -0.490 e. The van der Waals surface area contributed by atoms with Gasteiger partial charge in [-0.25, -0.2) is 0 Å². The third-order valence-electron chi connectivity index (χ3n) is 3.20. The fraction of sp³-hybridized carbons (Fsp3) is 0.222. The van der Waals surface area contributed by atoms with Crippen LogP contribution in [0.4, 0.5) is 5.69 Å². The standard InChI is InChI=1S/C18H20ClN3O3/c1-13-6-2-5-9-16(13)24-10-11-25-22-17(20)12-18(23)21-15-8-4-3-7-14(15)19/h2-9H,10-12H2,1H3,(H2,20,22)(H,21,23). The summed E-state index contributed by atoms with van der Waals surface area (Å²) in [4.78, 5) is 16.9. The summed E-state index contributed by atoms with van der Waals surface area (Å²) in [6, 6.07) is 14.6. The van der Waals surface area contributed by atoms with Gasteiger partial charge in [-0.2, -0.15) is 0 Å². The predicted molar refractivity (Wildman–Crippen MR) is 98.9 cm³/mol. The lowest BCUT2D eigenvalue weighted by Gasteiger charge is -2.08. The monoisotopic (exact) mass is 361 g/mol. The highest BCUT2D eigenvalue weighted by Crippen LogP contribution is 2.20. The molecular weight excluding hydrogens is 342 g/mol. The third-order valence-corrected chi connectivity index (χ3v) is 3.53. The molecule has 1 amide bonds. The van der Waals surface area contributed by atoms with E-state index in [-0.39, 0.29) is 24.8 Å². The van der Waals surface area contributed by atoms with Gasteiger partial charge in [0.1, 0.15) is 18.2 Å². The molecule has 7 heteroatoms. The number of para-hydroxylation sites is 2. The summed E-state index contributed by atoms with van der Waals surface area (Å²) in [5.41, 5.74) is 7.24. The van der Waals surface area contributed by atoms with E-state index in [1.807, 2.05) is 31.2 Å². The van der Waals surface area contributed by atoms with Crippen molar-refractivity contribution in [3.05, 3.63) is 59.1 Å². The molecule has 3 N–H and O–H groups in total. The second-order valence-electron chi connectivity index (χ2n) is 5.23. The Kier molecular flexibility index (Phi) is 7.10. The third kappa shape index (κ3) is 6.35. The van der Waals surface area contributed by atoms with Crippen molar-refractivity contribution >= 4 is 29.0 Å². The van der Waals surface area contributed by atoms with Crippen LogP contribution in [0.15, 0.2) is 53.7 Å². The Bertz CT molecular complexity index is 750. The number of nitrogens with one attached hydrogen (secondary N) is 1. The van der Waals surface area contributed by atoms with Crippen molar-refractivity contribution in [3.8, 4) is 5.75 Å². The Balaban J connectivity index is 1.70. The molecule has 2 aromatic carbocycles. The normalized spacial score (nSPS) is 11.0.